The molecule has 2 N–H and O–H groups in total. The van der Waals surface area contributed by atoms with Crippen LogP contribution in [0.3, 0.4) is 0 Å². The van der Waals surface area contributed by atoms with Gasteiger partial charge in [0.15, 0.2) is 5.75 Å². The summed E-state index contributed by atoms with van der Waals surface area (Å²) in [5, 5.41) is 8.72. The minimum Gasteiger partial charge on any atom is -0.481 e. The summed E-state index contributed by atoms with van der Waals surface area (Å²) in [5.74, 6) is -2.22. The Balaban J connectivity index is 3.21. The highest BCUT2D eigenvalue weighted by atomic mass is 79.9. The van der Waals surface area contributed by atoms with Gasteiger partial charge in [-0.1, -0.05) is 15.9 Å². The van der Waals surface area contributed by atoms with E-state index >= 15 is 0 Å². The molecule has 1 heterocycles. The van der Waals surface area contributed by atoms with Crippen LogP contribution in [0, 0.1) is 0 Å². The van der Waals surface area contributed by atoms with Crippen molar-refractivity contribution >= 4 is 21.9 Å². The highest BCUT2D eigenvalue weighted by Gasteiger charge is 2.32. The van der Waals surface area contributed by atoms with Gasteiger partial charge in [-0.25, -0.2) is 0 Å². The second kappa shape index (κ2) is 5.42. The minimum absolute atomic E-state index is 0.0400. The summed E-state index contributed by atoms with van der Waals surface area (Å²) in [7, 11) is 0. The van der Waals surface area contributed by atoms with Crippen molar-refractivity contribution in [3.63, 3.8) is 0 Å². The van der Waals surface area contributed by atoms with Crippen LogP contribution in [0.5, 0.6) is 5.75 Å². The molecule has 0 spiro atoms. The molecule has 5 nitrogen and oxygen atoms in total. The lowest BCUT2D eigenvalue weighted by atomic mass is 10.1. The third kappa shape index (κ3) is 4.06. The van der Waals surface area contributed by atoms with Gasteiger partial charge < -0.3 is 14.8 Å². The van der Waals surface area contributed by atoms with E-state index in [9.17, 15) is 22.8 Å². The SMILES string of the molecule is O=C(O)Cc1cc(OC(F)(F)F)c(=O)[nH]c1CBr. The molecule has 0 aliphatic heterocycles. The number of aromatic nitrogens is 1. The van der Waals surface area contributed by atoms with Crippen LogP contribution in [0.1, 0.15) is 11.3 Å². The van der Waals surface area contributed by atoms with Crippen molar-refractivity contribution in [3.05, 3.63) is 27.7 Å². The maximum Gasteiger partial charge on any atom is 0.573 e. The fourth-order valence-electron chi connectivity index (χ4n) is 1.23. The molecular weight excluding hydrogens is 323 g/mol. The molecule has 0 aliphatic carbocycles. The Morgan fingerprint density at radius 3 is 2.56 bits per heavy atom. The summed E-state index contributed by atoms with van der Waals surface area (Å²) in [6, 6.07) is 0.775. The fraction of sp³-hybridized carbons (Fsp3) is 0.333. The number of H-pyrrole nitrogens is 1. The van der Waals surface area contributed by atoms with Crippen molar-refractivity contribution in [2.75, 3.05) is 0 Å². The first-order valence-corrected chi connectivity index (χ1v) is 5.63. The first kappa shape index (κ1) is 14.6. The summed E-state index contributed by atoms with van der Waals surface area (Å²) >= 11 is 2.99. The number of aromatic amines is 1. The number of nitrogens with one attached hydrogen (secondary N) is 1. The summed E-state index contributed by atoms with van der Waals surface area (Å²) in [5.41, 5.74) is -0.842. The fourth-order valence-corrected chi connectivity index (χ4v) is 1.73. The van der Waals surface area contributed by atoms with E-state index in [0.717, 1.165) is 6.07 Å². The third-order valence-electron chi connectivity index (χ3n) is 1.88. The molecule has 0 amide bonds. The van der Waals surface area contributed by atoms with Gasteiger partial charge in [-0.05, 0) is 11.6 Å². The molecule has 0 saturated heterocycles. The molecule has 0 radical (unpaired) electrons. The Hall–Kier alpha value is -1.51. The lowest BCUT2D eigenvalue weighted by Crippen LogP contribution is -2.24. The molecule has 0 aromatic carbocycles. The quantitative estimate of drug-likeness (QED) is 0.825. The Bertz CT molecular complexity index is 512. The second-order valence-corrected chi connectivity index (χ2v) is 3.78. The number of aliphatic carboxylic acids is 1. The number of carboxylic acids is 1. The number of ether oxygens (including phenoxy) is 1. The van der Waals surface area contributed by atoms with Crippen molar-refractivity contribution in [1.29, 1.82) is 0 Å². The average molecular weight is 330 g/mol. The van der Waals surface area contributed by atoms with Gasteiger partial charge in [0, 0.05) is 11.0 Å². The molecular formula is C9H7BrF3NO4. The lowest BCUT2D eigenvalue weighted by molar-refractivity contribution is -0.275. The smallest absolute Gasteiger partial charge is 0.481 e. The molecule has 0 atom stereocenters. The van der Waals surface area contributed by atoms with Gasteiger partial charge in [-0.2, -0.15) is 0 Å². The molecule has 0 saturated carbocycles. The molecule has 9 heteroatoms. The zero-order chi connectivity index (χ0) is 13.9. The van der Waals surface area contributed by atoms with Gasteiger partial charge in [0.1, 0.15) is 0 Å². The van der Waals surface area contributed by atoms with E-state index in [4.69, 9.17) is 5.11 Å². The van der Waals surface area contributed by atoms with Gasteiger partial charge in [0.25, 0.3) is 5.56 Å². The first-order chi connectivity index (χ1) is 8.23. The van der Waals surface area contributed by atoms with Crippen LogP contribution in [-0.4, -0.2) is 22.4 Å². The minimum atomic E-state index is -5.01. The molecule has 0 aliphatic rings. The molecule has 0 unspecified atom stereocenters. The molecule has 18 heavy (non-hydrogen) atoms. The van der Waals surface area contributed by atoms with Crippen LogP contribution in [0.4, 0.5) is 13.2 Å². The number of halogens is 4. The number of hydrogen-bond donors (Lipinski definition) is 2. The van der Waals surface area contributed by atoms with E-state index in [-0.39, 0.29) is 16.6 Å². The highest BCUT2D eigenvalue weighted by Crippen LogP contribution is 2.22. The van der Waals surface area contributed by atoms with Crippen molar-refractivity contribution in [1.82, 2.24) is 4.98 Å². The number of carboxylic acid groups (broad SMARTS) is 1. The molecule has 1 aromatic heterocycles. The number of alkyl halides is 4. The topological polar surface area (TPSA) is 79.4 Å². The maximum atomic E-state index is 12.0. The van der Waals surface area contributed by atoms with Crippen LogP contribution >= 0.6 is 15.9 Å². The predicted octanol–water partition coefficient (Wildman–Crippen LogP) is 1.80. The summed E-state index contributed by atoms with van der Waals surface area (Å²) in [6.45, 7) is 0. The van der Waals surface area contributed by atoms with Crippen LogP contribution in [-0.2, 0) is 16.5 Å². The highest BCUT2D eigenvalue weighted by molar-refractivity contribution is 9.08. The third-order valence-corrected chi connectivity index (χ3v) is 2.44. The second-order valence-electron chi connectivity index (χ2n) is 3.22. The Labute approximate surface area is 107 Å². The first-order valence-electron chi connectivity index (χ1n) is 4.51. The summed E-state index contributed by atoms with van der Waals surface area (Å²) < 4.78 is 39.5. The average Bonchev–Trinajstić information content (AvgIpc) is 2.19. The van der Waals surface area contributed by atoms with Crippen molar-refractivity contribution in [2.24, 2.45) is 0 Å². The van der Waals surface area contributed by atoms with E-state index in [1.165, 1.54) is 0 Å². The molecule has 100 valence electrons. The van der Waals surface area contributed by atoms with Crippen molar-refractivity contribution in [2.45, 2.75) is 18.1 Å². The largest absolute Gasteiger partial charge is 0.573 e. The lowest BCUT2D eigenvalue weighted by Gasteiger charge is -2.11. The van der Waals surface area contributed by atoms with Gasteiger partial charge in [-0.3, -0.25) is 9.59 Å². The number of carbonyl (C=O) groups is 1. The van der Waals surface area contributed by atoms with E-state index in [1.54, 1.807) is 0 Å². The number of pyridine rings is 1. The van der Waals surface area contributed by atoms with E-state index < -0.39 is 30.1 Å². The molecule has 0 fully saturated rings. The van der Waals surface area contributed by atoms with Crippen molar-refractivity contribution < 1.29 is 27.8 Å². The number of hydrogen-bond acceptors (Lipinski definition) is 3. The molecule has 1 aromatic rings. The van der Waals surface area contributed by atoms with E-state index in [2.05, 4.69) is 25.7 Å². The molecule has 1 rings (SSSR count). The van der Waals surface area contributed by atoms with Crippen LogP contribution in [0.15, 0.2) is 10.9 Å². The monoisotopic (exact) mass is 329 g/mol. The molecule has 0 bridgehead atoms. The van der Waals surface area contributed by atoms with Gasteiger partial charge in [0.05, 0.1) is 6.42 Å². The maximum absolute atomic E-state index is 12.0. The summed E-state index contributed by atoms with van der Waals surface area (Å²) in [6.07, 6.45) is -5.53. The van der Waals surface area contributed by atoms with Gasteiger partial charge in [0.2, 0.25) is 0 Å². The predicted molar refractivity (Wildman–Crippen MR) is 57.7 cm³/mol. The normalized spacial score (nSPS) is 11.3. The van der Waals surface area contributed by atoms with Crippen LogP contribution in [0.25, 0.3) is 0 Å². The zero-order valence-corrected chi connectivity index (χ0v) is 10.3. The Morgan fingerprint density at radius 1 is 1.50 bits per heavy atom. The summed E-state index contributed by atoms with van der Waals surface area (Å²) in [4.78, 5) is 23.9. The van der Waals surface area contributed by atoms with Gasteiger partial charge >= 0.3 is 12.3 Å². The van der Waals surface area contributed by atoms with E-state index in [0.29, 0.717) is 0 Å². The standard InChI is InChI=1S/C9H7BrF3NO4/c10-3-5-4(2-7(15)16)1-6(8(17)14-5)18-9(11,12)13/h1H,2-3H2,(H,14,17)(H,15,16). The van der Waals surface area contributed by atoms with Crippen molar-refractivity contribution in [3.8, 4) is 5.75 Å². The zero-order valence-electron chi connectivity index (χ0n) is 8.68. The van der Waals surface area contributed by atoms with E-state index in [1.807, 2.05) is 0 Å². The Kier molecular flexibility index (Phi) is 4.38. The Morgan fingerprint density at radius 2 is 2.11 bits per heavy atom. The number of rotatable bonds is 4. The van der Waals surface area contributed by atoms with Crippen LogP contribution < -0.4 is 10.3 Å². The van der Waals surface area contributed by atoms with Gasteiger partial charge in [-0.15, -0.1) is 13.2 Å². The van der Waals surface area contributed by atoms with Crippen LogP contribution in [0.2, 0.25) is 0 Å².